The van der Waals surface area contributed by atoms with Crippen LogP contribution in [0.15, 0.2) is 56.9 Å². The molecule has 0 spiro atoms. The Bertz CT molecular complexity index is 2090. The Morgan fingerprint density at radius 1 is 1.24 bits per heavy atom. The molecule has 2 amide bonds. The number of thioether (sulfide) groups is 2. The molecule has 2 atom stereocenters. The number of fused-ring (bicyclic) bond motifs is 2. The van der Waals surface area contributed by atoms with E-state index in [0.29, 0.717) is 27.6 Å². The van der Waals surface area contributed by atoms with Crippen LogP contribution in [0.5, 0.6) is 0 Å². The van der Waals surface area contributed by atoms with Gasteiger partial charge in [-0.25, -0.2) is 24.4 Å². The molecule has 0 saturated carbocycles. The number of carbonyl (C=O) groups is 5. The molecule has 5 N–H and O–H groups in total. The van der Waals surface area contributed by atoms with Crippen molar-refractivity contribution in [2.24, 2.45) is 5.16 Å². The molecule has 5 heterocycles. The number of carboxylic acids is 1. The van der Waals surface area contributed by atoms with E-state index in [4.69, 9.17) is 27.5 Å². The van der Waals surface area contributed by atoms with Gasteiger partial charge in [0.15, 0.2) is 10.8 Å². The number of aryl methyl sites for hydroxylation is 1. The highest BCUT2D eigenvalue weighted by atomic mass is 32.2. The fourth-order valence-corrected chi connectivity index (χ4v) is 7.98. The van der Waals surface area contributed by atoms with Gasteiger partial charge in [-0.2, -0.15) is 9.50 Å². The molecule has 0 bridgehead atoms. The number of allylic oxidation sites excluding steroid dienone is 3. The Labute approximate surface area is 292 Å². The maximum absolute atomic E-state index is 13.5. The van der Waals surface area contributed by atoms with E-state index < -0.39 is 52.9 Å². The summed E-state index contributed by atoms with van der Waals surface area (Å²) < 4.78 is 6.31. The molecule has 0 radical (unpaired) electrons. The van der Waals surface area contributed by atoms with Crippen LogP contribution in [0.25, 0.3) is 5.78 Å². The molecule has 18 nitrogen and oxygen atoms in total. The molecule has 3 aromatic heterocycles. The number of carbonyl (C=O) groups excluding carboxylic acids is 3. The molecule has 3 aromatic rings. The molecule has 252 valence electrons. The van der Waals surface area contributed by atoms with Gasteiger partial charge in [0.1, 0.15) is 22.1 Å². The number of β-lactam (4-membered cyclic amide) rings is 1. The van der Waals surface area contributed by atoms with E-state index in [9.17, 15) is 34.2 Å². The monoisotopic (exact) mass is 743 g/mol. The number of hydrogen-bond acceptors (Lipinski definition) is 17. The smallest absolute Gasteiger partial charge is 0.475 e. The number of anilines is 1. The fourth-order valence-electron chi connectivity index (χ4n) is 4.69. The Kier molecular flexibility index (Phi) is 9.45. The molecule has 22 heteroatoms. The topological polar surface area (TPSA) is 254 Å². The van der Waals surface area contributed by atoms with E-state index in [0.717, 1.165) is 16.2 Å². The normalized spacial score (nSPS) is 18.9. The first-order chi connectivity index (χ1) is 23.4. The Balaban J connectivity index is 1.20. The average molecular weight is 744 g/mol. The summed E-state index contributed by atoms with van der Waals surface area (Å²) in [7, 11) is 0. The lowest BCUT2D eigenvalue weighted by molar-refractivity contribution is -0.148. The van der Waals surface area contributed by atoms with Crippen molar-refractivity contribution in [3.8, 4) is 0 Å². The van der Waals surface area contributed by atoms with Crippen molar-refractivity contribution in [2.45, 2.75) is 29.8 Å². The number of aromatic nitrogens is 5. The lowest BCUT2D eigenvalue weighted by Gasteiger charge is -2.49. The van der Waals surface area contributed by atoms with Crippen LogP contribution in [0.1, 0.15) is 28.4 Å². The van der Waals surface area contributed by atoms with Crippen LogP contribution in [0.4, 0.5) is 9.93 Å². The molecule has 49 heavy (non-hydrogen) atoms. The van der Waals surface area contributed by atoms with Gasteiger partial charge in [0.05, 0.1) is 5.57 Å². The van der Waals surface area contributed by atoms with E-state index in [1.54, 1.807) is 25.1 Å². The van der Waals surface area contributed by atoms with Gasteiger partial charge >= 0.3 is 18.1 Å². The predicted octanol–water partition coefficient (Wildman–Crippen LogP) is 1.77. The first-order valence-electron chi connectivity index (χ1n) is 13.8. The van der Waals surface area contributed by atoms with E-state index in [1.165, 1.54) is 39.5 Å². The van der Waals surface area contributed by atoms with Crippen LogP contribution in [-0.2, 0) is 24.0 Å². The number of nitrogens with zero attached hydrogens (tertiary/aromatic N) is 7. The molecule has 0 aromatic carbocycles. The number of nitrogen functional groups attached to an aromatic ring is 1. The number of oxime groups is 1. The Hall–Kier alpha value is -5.19. The number of amides is 2. The first kappa shape index (κ1) is 33.7. The first-order valence-corrected chi connectivity index (χ1v) is 17.1. The number of nitrogens with one attached hydrogen (secondary N) is 1. The second-order valence-corrected chi connectivity index (χ2v) is 13.6. The zero-order chi connectivity index (χ0) is 35.0. The van der Waals surface area contributed by atoms with Crippen molar-refractivity contribution in [1.29, 1.82) is 0 Å². The minimum absolute atomic E-state index is 0.00903. The lowest BCUT2D eigenvalue weighted by atomic mass is 10.1. The zero-order valence-electron chi connectivity index (χ0n) is 24.8. The molecule has 2 aliphatic heterocycles. The summed E-state index contributed by atoms with van der Waals surface area (Å²) in [6.07, 6.45) is 3.57. The number of carboxylic acid groups (broad SMARTS) is 2. The number of thiocarbonyl (C=S) groups is 1. The number of aromatic carboxylic acids is 1. The number of ether oxygens (including phenoxy) is 1. The highest BCUT2D eigenvalue weighted by Gasteiger charge is 2.54. The van der Waals surface area contributed by atoms with Crippen molar-refractivity contribution in [3.05, 3.63) is 63.9 Å². The quantitative estimate of drug-likeness (QED) is 0.0337. The number of thiazole rings is 1. The van der Waals surface area contributed by atoms with Gasteiger partial charge in [-0.15, -0.1) is 40.0 Å². The Morgan fingerprint density at radius 3 is 2.73 bits per heavy atom. The van der Waals surface area contributed by atoms with Crippen LogP contribution in [-0.4, -0.2) is 103 Å². The second kappa shape index (κ2) is 13.7. The van der Waals surface area contributed by atoms with Gasteiger partial charge in [0.25, 0.3) is 23.4 Å². The molecule has 1 saturated heterocycles. The summed E-state index contributed by atoms with van der Waals surface area (Å²) in [5, 5.41) is 30.3. The standard InChI is InChI=1S/C27H21N9O9S4/c1-10-6-15(36-26(29-10)32-18(33-36)23(39)40)47-7-11-8-48-22-17(20(38)35(22)21(11)44-27(42)43)31-19(37)16(13-9-49-25(28)30-13)34-45-24(41)12-4-2-3-5-14(12)46/h2-4,6,9,17,22H,5,7-8H2,1H3,(H2,28,30)(H,31,37)(H,39,40)(H,42,43)/b34-16-/t17-,22-/m1/s1. The highest BCUT2D eigenvalue weighted by molar-refractivity contribution is 8.01. The van der Waals surface area contributed by atoms with Gasteiger partial charge in [-0.05, 0) is 19.1 Å². The number of hydrogen-bond donors (Lipinski definition) is 4. The summed E-state index contributed by atoms with van der Waals surface area (Å²) in [4.78, 5) is 81.2. The summed E-state index contributed by atoms with van der Waals surface area (Å²) in [6, 6.07) is 0.515. The van der Waals surface area contributed by atoms with Gasteiger partial charge in [-0.1, -0.05) is 29.5 Å². The maximum atomic E-state index is 13.5. The second-order valence-electron chi connectivity index (χ2n) is 10.1. The van der Waals surface area contributed by atoms with E-state index in [2.05, 4.69) is 30.5 Å². The summed E-state index contributed by atoms with van der Waals surface area (Å²) in [5.41, 5.74) is 6.38. The largest absolute Gasteiger partial charge is 0.512 e. The molecule has 0 unspecified atom stereocenters. The minimum atomic E-state index is -1.66. The maximum Gasteiger partial charge on any atom is 0.512 e. The van der Waals surface area contributed by atoms with Gasteiger partial charge < -0.3 is 30.8 Å². The molecular weight excluding hydrogens is 723 g/mol. The van der Waals surface area contributed by atoms with Crippen molar-refractivity contribution >= 4 is 98.5 Å². The van der Waals surface area contributed by atoms with Gasteiger partial charge in [0.2, 0.25) is 5.88 Å². The molecular formula is C27H21N9O9S4. The summed E-state index contributed by atoms with van der Waals surface area (Å²) in [6.45, 7) is 1.69. The third kappa shape index (κ3) is 6.88. The van der Waals surface area contributed by atoms with Crippen molar-refractivity contribution in [3.63, 3.8) is 0 Å². The van der Waals surface area contributed by atoms with Crippen LogP contribution in [0.3, 0.4) is 0 Å². The van der Waals surface area contributed by atoms with E-state index in [-0.39, 0.29) is 39.6 Å². The molecule has 3 aliphatic rings. The van der Waals surface area contributed by atoms with E-state index >= 15 is 0 Å². The SMILES string of the molecule is Cc1cc(SCC2=C(OC(=O)O)N3C(=O)[C@@H](NC(=O)/C(=N\OC(=O)C4=CC=CCC4=S)c4csc(N)n4)[C@H]3SC2)n2nc(C(=O)O)nc2n1. The zero-order valence-corrected chi connectivity index (χ0v) is 28.0. The fraction of sp³-hybridized carbons (Fsp3) is 0.222. The van der Waals surface area contributed by atoms with E-state index in [1.807, 2.05) is 0 Å². The number of rotatable bonds is 10. The van der Waals surface area contributed by atoms with Crippen molar-refractivity contribution in [1.82, 2.24) is 34.8 Å². The number of nitrogens with two attached hydrogens (primary N) is 1. The van der Waals surface area contributed by atoms with Crippen molar-refractivity contribution < 1.29 is 43.8 Å². The molecule has 6 rings (SSSR count). The van der Waals surface area contributed by atoms with Gasteiger partial charge in [-0.3, -0.25) is 14.5 Å². The van der Waals surface area contributed by atoms with Crippen LogP contribution in [0.2, 0.25) is 0 Å². The average Bonchev–Trinajstić information content (AvgIpc) is 3.69. The van der Waals surface area contributed by atoms with Gasteiger partial charge in [0, 0.05) is 39.4 Å². The van der Waals surface area contributed by atoms with Crippen molar-refractivity contribution in [2.75, 3.05) is 17.2 Å². The lowest BCUT2D eigenvalue weighted by Crippen LogP contribution is -2.70. The predicted molar refractivity (Wildman–Crippen MR) is 178 cm³/mol. The summed E-state index contributed by atoms with van der Waals surface area (Å²) >= 11 is 8.62. The van der Waals surface area contributed by atoms with Crippen LogP contribution in [0, 0.1) is 6.92 Å². The Morgan fingerprint density at radius 2 is 2.04 bits per heavy atom. The highest BCUT2D eigenvalue weighted by Crippen LogP contribution is 2.42. The minimum Gasteiger partial charge on any atom is -0.475 e. The van der Waals surface area contributed by atoms with Crippen LogP contribution >= 0.6 is 47.1 Å². The molecule has 1 fully saturated rings. The molecule has 1 aliphatic carbocycles. The van der Waals surface area contributed by atoms with Crippen LogP contribution < -0.4 is 11.1 Å². The third-order valence-electron chi connectivity index (χ3n) is 6.88. The summed E-state index contributed by atoms with van der Waals surface area (Å²) in [5.74, 6) is -4.09. The third-order valence-corrected chi connectivity index (χ3v) is 10.4.